The second kappa shape index (κ2) is 11.1. The summed E-state index contributed by atoms with van der Waals surface area (Å²) in [6.07, 6.45) is 1.45. The lowest BCUT2D eigenvalue weighted by Gasteiger charge is -2.14. The molecule has 10 nitrogen and oxygen atoms in total. The first-order chi connectivity index (χ1) is 19.2. The molecule has 0 aliphatic carbocycles. The molecule has 0 saturated heterocycles. The topological polar surface area (TPSA) is 153 Å². The van der Waals surface area contributed by atoms with Crippen LogP contribution in [0.1, 0.15) is 21.5 Å². The zero-order valence-electron chi connectivity index (χ0n) is 20.7. The molecule has 202 valence electrons. The van der Waals surface area contributed by atoms with Crippen LogP contribution in [0.2, 0.25) is 0 Å². The van der Waals surface area contributed by atoms with Gasteiger partial charge in [0.25, 0.3) is 11.5 Å². The highest BCUT2D eigenvalue weighted by Gasteiger charge is 2.25. The van der Waals surface area contributed by atoms with E-state index in [9.17, 15) is 23.1 Å². The lowest BCUT2D eigenvalue weighted by molar-refractivity contribution is 0.102. The van der Waals surface area contributed by atoms with Gasteiger partial charge < -0.3 is 15.2 Å². The van der Waals surface area contributed by atoms with E-state index in [1.165, 1.54) is 24.4 Å². The van der Waals surface area contributed by atoms with Crippen LogP contribution in [0.4, 0.5) is 5.69 Å². The van der Waals surface area contributed by atoms with Gasteiger partial charge in [0.05, 0.1) is 22.1 Å². The molecule has 5 rings (SSSR count). The highest BCUT2D eigenvalue weighted by atomic mass is 32.2. The summed E-state index contributed by atoms with van der Waals surface area (Å²) in [6.45, 7) is 0.175. The van der Waals surface area contributed by atoms with Crippen LogP contribution < -0.4 is 20.8 Å². The molecule has 0 aliphatic rings. The number of thiophene rings is 1. The number of aromatic hydroxyl groups is 1. The predicted molar refractivity (Wildman–Crippen MR) is 154 cm³/mol. The number of primary sulfonamides is 1. The van der Waals surface area contributed by atoms with Gasteiger partial charge in [0.1, 0.15) is 17.3 Å². The predicted octanol–water partition coefficient (Wildman–Crippen LogP) is 4.13. The van der Waals surface area contributed by atoms with Crippen LogP contribution in [0, 0.1) is 0 Å². The van der Waals surface area contributed by atoms with Gasteiger partial charge in [-0.3, -0.25) is 9.59 Å². The number of carbonyl (C=O) groups is 1. The number of nitrogens with zero attached hydrogens (tertiary/aromatic N) is 2. The summed E-state index contributed by atoms with van der Waals surface area (Å²) in [7, 11) is -4.32. The fourth-order valence-electron chi connectivity index (χ4n) is 3.92. The number of sulfonamides is 1. The van der Waals surface area contributed by atoms with Crippen molar-refractivity contribution in [2.24, 2.45) is 10.2 Å². The van der Waals surface area contributed by atoms with Crippen LogP contribution in [-0.2, 0) is 16.6 Å². The van der Waals surface area contributed by atoms with E-state index in [-0.39, 0.29) is 22.7 Å². The van der Waals surface area contributed by atoms with E-state index in [1.54, 1.807) is 35.7 Å². The minimum atomic E-state index is -4.32. The molecule has 0 aliphatic heterocycles. The van der Waals surface area contributed by atoms with Crippen molar-refractivity contribution in [2.75, 3.05) is 5.32 Å². The molecule has 3 aromatic carbocycles. The Hall–Kier alpha value is -4.78. The molecular formula is C28H22N4O6S2. The number of hydrogen-bond donors (Lipinski definition) is 3. The third-order valence-corrected chi connectivity index (χ3v) is 7.70. The molecule has 0 fully saturated rings. The monoisotopic (exact) mass is 574 g/mol. The number of ether oxygens (including phenoxy) is 1. The molecule has 0 spiro atoms. The van der Waals surface area contributed by atoms with Gasteiger partial charge in [0, 0.05) is 6.07 Å². The van der Waals surface area contributed by atoms with Crippen molar-refractivity contribution >= 4 is 49.4 Å². The van der Waals surface area contributed by atoms with Crippen molar-refractivity contribution in [3.63, 3.8) is 0 Å². The first-order valence-electron chi connectivity index (χ1n) is 11.8. The summed E-state index contributed by atoms with van der Waals surface area (Å²) in [5.41, 5.74) is 0.190. The molecule has 0 atom stereocenters. The second-order valence-corrected chi connectivity index (χ2v) is 11.0. The largest absolute Gasteiger partial charge is 0.505 e. The number of aromatic nitrogens is 1. The quantitative estimate of drug-likeness (QED) is 0.237. The van der Waals surface area contributed by atoms with E-state index in [0.29, 0.717) is 11.1 Å². The summed E-state index contributed by atoms with van der Waals surface area (Å²) in [5, 5.41) is 24.6. The molecule has 5 aromatic rings. The van der Waals surface area contributed by atoms with Crippen molar-refractivity contribution < 1.29 is 23.1 Å². The fourth-order valence-corrected chi connectivity index (χ4v) is 5.44. The van der Waals surface area contributed by atoms with E-state index < -0.39 is 37.7 Å². The summed E-state index contributed by atoms with van der Waals surface area (Å²) in [6, 6.07) is 23.8. The molecular weight excluding hydrogens is 552 g/mol. The highest BCUT2D eigenvalue weighted by molar-refractivity contribution is 7.89. The average molecular weight is 575 g/mol. The van der Waals surface area contributed by atoms with Crippen molar-refractivity contribution in [1.82, 2.24) is 4.68 Å². The Morgan fingerprint density at radius 2 is 1.75 bits per heavy atom. The van der Waals surface area contributed by atoms with Gasteiger partial charge in [0.15, 0.2) is 11.3 Å². The molecule has 0 saturated carbocycles. The van der Waals surface area contributed by atoms with Crippen molar-refractivity contribution in [2.45, 2.75) is 11.5 Å². The minimum absolute atomic E-state index is 0.175. The zero-order valence-corrected chi connectivity index (χ0v) is 22.4. The number of anilines is 1. The number of pyridine rings is 1. The summed E-state index contributed by atoms with van der Waals surface area (Å²) in [4.78, 5) is 26.3. The highest BCUT2D eigenvalue weighted by Crippen LogP contribution is 2.32. The van der Waals surface area contributed by atoms with Crippen molar-refractivity contribution in [3.8, 4) is 11.5 Å². The van der Waals surface area contributed by atoms with Crippen LogP contribution >= 0.6 is 11.3 Å². The van der Waals surface area contributed by atoms with E-state index in [4.69, 9.17) is 9.88 Å². The SMILES string of the molecule is NS(=O)(=O)c1cc(OCc2ccccc2)ccc1NC(=O)c1c(O)c2sccc2n(N=Cc2ccccc2)c1=O. The third kappa shape index (κ3) is 5.64. The number of carbonyl (C=O) groups excluding carboxylic acids is 1. The average Bonchev–Trinajstić information content (AvgIpc) is 3.43. The van der Waals surface area contributed by atoms with Crippen molar-refractivity contribution in [1.29, 1.82) is 0 Å². The number of nitrogens with two attached hydrogens (primary N) is 1. The maximum Gasteiger partial charge on any atom is 0.288 e. The fraction of sp³-hybridized carbons (Fsp3) is 0.0357. The van der Waals surface area contributed by atoms with Gasteiger partial charge in [-0.05, 0) is 34.7 Å². The van der Waals surface area contributed by atoms with E-state index in [1.807, 2.05) is 36.4 Å². The van der Waals surface area contributed by atoms with Gasteiger partial charge in [-0.1, -0.05) is 60.7 Å². The number of amides is 1. The van der Waals surface area contributed by atoms with Gasteiger partial charge in [-0.15, -0.1) is 11.3 Å². The molecule has 12 heteroatoms. The maximum absolute atomic E-state index is 13.4. The van der Waals surface area contributed by atoms with Gasteiger partial charge >= 0.3 is 0 Å². The Kier molecular flexibility index (Phi) is 7.47. The molecule has 0 bridgehead atoms. The van der Waals surface area contributed by atoms with Crippen LogP contribution in [0.15, 0.2) is 105 Å². The third-order valence-electron chi connectivity index (χ3n) is 5.84. The maximum atomic E-state index is 13.4. The Morgan fingerprint density at radius 3 is 2.45 bits per heavy atom. The Morgan fingerprint density at radius 1 is 1.05 bits per heavy atom. The van der Waals surface area contributed by atoms with Crippen LogP contribution in [-0.4, -0.2) is 30.3 Å². The Bertz CT molecular complexity index is 1900. The van der Waals surface area contributed by atoms with Crippen LogP contribution in [0.5, 0.6) is 11.5 Å². The first kappa shape index (κ1) is 26.8. The van der Waals surface area contributed by atoms with Crippen LogP contribution in [0.3, 0.4) is 0 Å². The van der Waals surface area contributed by atoms with Gasteiger partial charge in [0.2, 0.25) is 10.0 Å². The molecule has 0 unspecified atom stereocenters. The molecule has 0 radical (unpaired) electrons. The van der Waals surface area contributed by atoms with E-state index in [0.717, 1.165) is 21.6 Å². The lowest BCUT2D eigenvalue weighted by atomic mass is 10.2. The summed E-state index contributed by atoms with van der Waals surface area (Å²) in [5.74, 6) is -1.38. The Labute approximate surface area is 232 Å². The molecule has 2 aromatic heterocycles. The Balaban J connectivity index is 1.50. The molecule has 4 N–H and O–H groups in total. The number of benzene rings is 3. The lowest BCUT2D eigenvalue weighted by Crippen LogP contribution is -2.28. The van der Waals surface area contributed by atoms with Crippen molar-refractivity contribution in [3.05, 3.63) is 117 Å². The standard InChI is InChI=1S/C28H22N4O6S2/c29-40(36,37)23-15-20(38-17-19-9-5-2-6-10-19)11-12-21(23)31-27(34)24-25(33)26-22(13-14-39-26)32(28(24)35)30-16-18-7-3-1-4-8-18/h1-16,33H,17H2,(H,31,34)(H2,29,36,37). The smallest absolute Gasteiger partial charge is 0.288 e. The van der Waals surface area contributed by atoms with E-state index in [2.05, 4.69) is 10.4 Å². The van der Waals surface area contributed by atoms with Gasteiger partial charge in [-0.25, -0.2) is 13.6 Å². The van der Waals surface area contributed by atoms with Gasteiger partial charge in [-0.2, -0.15) is 9.78 Å². The minimum Gasteiger partial charge on any atom is -0.505 e. The van der Waals surface area contributed by atoms with Crippen LogP contribution in [0.25, 0.3) is 10.2 Å². The molecule has 1 amide bonds. The van der Waals surface area contributed by atoms with E-state index >= 15 is 0 Å². The zero-order chi connectivity index (χ0) is 28.3. The number of rotatable bonds is 8. The molecule has 2 heterocycles. The number of nitrogens with one attached hydrogen (secondary N) is 1. The normalized spacial score (nSPS) is 11.6. The summed E-state index contributed by atoms with van der Waals surface area (Å²) >= 11 is 1.11. The molecule has 40 heavy (non-hydrogen) atoms. The second-order valence-electron chi connectivity index (χ2n) is 8.56. The number of fused-ring (bicyclic) bond motifs is 1. The number of hydrogen-bond acceptors (Lipinski definition) is 8. The first-order valence-corrected chi connectivity index (χ1v) is 14.2. The summed E-state index contributed by atoms with van der Waals surface area (Å²) < 4.78 is 31.7.